The summed E-state index contributed by atoms with van der Waals surface area (Å²) in [5, 5.41) is 7.44. The number of nitrogens with zero attached hydrogens (tertiary/aromatic N) is 2. The zero-order chi connectivity index (χ0) is 17.2. The smallest absolute Gasteiger partial charge is 0.322 e. The molecule has 0 unspecified atom stereocenters. The van der Waals surface area contributed by atoms with Crippen LogP contribution in [0.1, 0.15) is 11.3 Å². The quantitative estimate of drug-likeness (QED) is 0.704. The van der Waals surface area contributed by atoms with Crippen LogP contribution < -0.4 is 10.9 Å². The maximum Gasteiger partial charge on any atom is 0.435 e. The normalized spacial score (nSPS) is 12.0. The average Bonchev–Trinajstić information content (AvgIpc) is 3.01. The highest BCUT2D eigenvalue weighted by atomic mass is 19.4. The number of H-pyrrole nitrogens is 1. The Bertz CT molecular complexity index is 898. The Morgan fingerprint density at radius 1 is 1.21 bits per heavy atom. The standard InChI is InChI=1S/C16H15F3N4O/c17-16(18,19)14-5-7-23(22-14)8-6-20-10-12-9-11-3-1-2-4-13(11)21-15(12)24/h1-5,7,9,20H,6,8,10H2,(H,21,24). The fraction of sp³-hybridized carbons (Fsp3) is 0.250. The Kier molecular flexibility index (Phi) is 4.39. The lowest BCUT2D eigenvalue weighted by Crippen LogP contribution is -2.24. The molecule has 126 valence electrons. The minimum Gasteiger partial charge on any atom is -0.322 e. The zero-order valence-electron chi connectivity index (χ0n) is 12.6. The Morgan fingerprint density at radius 2 is 2.00 bits per heavy atom. The van der Waals surface area contributed by atoms with Crippen LogP contribution in [0.25, 0.3) is 10.9 Å². The number of aromatic nitrogens is 3. The van der Waals surface area contributed by atoms with Gasteiger partial charge in [0.1, 0.15) is 0 Å². The minimum absolute atomic E-state index is 0.181. The molecule has 0 fully saturated rings. The highest BCUT2D eigenvalue weighted by molar-refractivity contribution is 5.78. The van der Waals surface area contributed by atoms with Crippen LogP contribution in [0, 0.1) is 0 Å². The molecule has 3 rings (SSSR count). The number of benzene rings is 1. The molecule has 2 aromatic heterocycles. The fourth-order valence-corrected chi connectivity index (χ4v) is 2.38. The molecular weight excluding hydrogens is 321 g/mol. The van der Waals surface area contributed by atoms with Crippen LogP contribution in [0.4, 0.5) is 13.2 Å². The van der Waals surface area contributed by atoms with Gasteiger partial charge in [-0.3, -0.25) is 9.48 Å². The second kappa shape index (κ2) is 6.48. The van der Waals surface area contributed by atoms with Gasteiger partial charge in [-0.15, -0.1) is 0 Å². The molecule has 3 aromatic rings. The van der Waals surface area contributed by atoms with Crippen molar-refractivity contribution in [2.75, 3.05) is 6.54 Å². The summed E-state index contributed by atoms with van der Waals surface area (Å²) in [5.74, 6) is 0. The number of hydrogen-bond acceptors (Lipinski definition) is 3. The molecule has 0 saturated heterocycles. The molecule has 5 nitrogen and oxygen atoms in total. The predicted molar refractivity (Wildman–Crippen MR) is 83.5 cm³/mol. The first kappa shape index (κ1) is 16.3. The van der Waals surface area contributed by atoms with Gasteiger partial charge >= 0.3 is 6.18 Å². The first-order valence-corrected chi connectivity index (χ1v) is 7.36. The van der Waals surface area contributed by atoms with E-state index in [-0.39, 0.29) is 12.1 Å². The van der Waals surface area contributed by atoms with E-state index in [9.17, 15) is 18.0 Å². The third-order valence-corrected chi connectivity index (χ3v) is 3.59. The van der Waals surface area contributed by atoms with Crippen LogP contribution >= 0.6 is 0 Å². The highest BCUT2D eigenvalue weighted by Gasteiger charge is 2.33. The molecular formula is C16H15F3N4O. The second-order valence-electron chi connectivity index (χ2n) is 5.35. The maximum absolute atomic E-state index is 12.5. The number of pyridine rings is 1. The van der Waals surface area contributed by atoms with E-state index in [1.165, 1.54) is 10.9 Å². The number of halogens is 3. The van der Waals surface area contributed by atoms with Gasteiger partial charge in [0.2, 0.25) is 0 Å². The first-order chi connectivity index (χ1) is 11.4. The van der Waals surface area contributed by atoms with E-state index >= 15 is 0 Å². The van der Waals surface area contributed by atoms with Crippen molar-refractivity contribution in [2.24, 2.45) is 0 Å². The number of para-hydroxylation sites is 1. The molecule has 0 amide bonds. The van der Waals surface area contributed by atoms with Gasteiger partial charge in [-0.1, -0.05) is 18.2 Å². The van der Waals surface area contributed by atoms with Crippen LogP contribution in [-0.4, -0.2) is 21.3 Å². The van der Waals surface area contributed by atoms with Gasteiger partial charge in [0.05, 0.1) is 6.54 Å². The molecule has 0 radical (unpaired) electrons. The van der Waals surface area contributed by atoms with Gasteiger partial charge < -0.3 is 10.3 Å². The van der Waals surface area contributed by atoms with E-state index < -0.39 is 11.9 Å². The van der Waals surface area contributed by atoms with Crippen molar-refractivity contribution in [3.8, 4) is 0 Å². The average molecular weight is 336 g/mol. The molecule has 0 aliphatic carbocycles. The molecule has 2 N–H and O–H groups in total. The molecule has 24 heavy (non-hydrogen) atoms. The van der Waals surface area contributed by atoms with Crippen molar-refractivity contribution in [3.63, 3.8) is 0 Å². The number of rotatable bonds is 5. The molecule has 0 aliphatic rings. The van der Waals surface area contributed by atoms with E-state index in [1.54, 1.807) is 6.07 Å². The van der Waals surface area contributed by atoms with Gasteiger partial charge in [-0.2, -0.15) is 18.3 Å². The molecule has 0 saturated carbocycles. The van der Waals surface area contributed by atoms with Crippen molar-refractivity contribution in [1.82, 2.24) is 20.1 Å². The Labute approximate surface area is 135 Å². The maximum atomic E-state index is 12.5. The number of hydrogen-bond donors (Lipinski definition) is 2. The third kappa shape index (κ3) is 3.65. The lowest BCUT2D eigenvalue weighted by atomic mass is 10.1. The van der Waals surface area contributed by atoms with E-state index in [4.69, 9.17) is 0 Å². The first-order valence-electron chi connectivity index (χ1n) is 7.36. The monoisotopic (exact) mass is 336 g/mol. The minimum atomic E-state index is -4.43. The van der Waals surface area contributed by atoms with E-state index in [0.717, 1.165) is 17.0 Å². The van der Waals surface area contributed by atoms with E-state index in [2.05, 4.69) is 15.4 Å². The molecule has 1 aromatic carbocycles. The number of alkyl halides is 3. The van der Waals surface area contributed by atoms with Crippen molar-refractivity contribution >= 4 is 10.9 Å². The molecule has 0 bridgehead atoms. The van der Waals surface area contributed by atoms with Crippen LogP contribution in [0.5, 0.6) is 0 Å². The Hall–Kier alpha value is -2.61. The van der Waals surface area contributed by atoms with Gasteiger partial charge in [-0.05, 0) is 23.6 Å². The molecule has 2 heterocycles. The SMILES string of the molecule is O=c1[nH]c2ccccc2cc1CNCCn1ccc(C(F)(F)F)n1. The van der Waals surface area contributed by atoms with Crippen molar-refractivity contribution in [3.05, 3.63) is 64.2 Å². The largest absolute Gasteiger partial charge is 0.435 e. The zero-order valence-corrected chi connectivity index (χ0v) is 12.6. The predicted octanol–water partition coefficient (Wildman–Crippen LogP) is 2.53. The summed E-state index contributed by atoms with van der Waals surface area (Å²) in [6, 6.07) is 10.2. The van der Waals surface area contributed by atoms with Crippen molar-refractivity contribution in [1.29, 1.82) is 0 Å². The Morgan fingerprint density at radius 3 is 2.75 bits per heavy atom. The van der Waals surface area contributed by atoms with E-state index in [1.807, 2.05) is 24.3 Å². The van der Waals surface area contributed by atoms with E-state index in [0.29, 0.717) is 18.7 Å². The summed E-state index contributed by atoms with van der Waals surface area (Å²) < 4.78 is 38.6. The van der Waals surface area contributed by atoms with Gasteiger partial charge in [-0.25, -0.2) is 0 Å². The van der Waals surface area contributed by atoms with Crippen molar-refractivity contribution < 1.29 is 13.2 Å². The van der Waals surface area contributed by atoms with Gasteiger partial charge in [0.25, 0.3) is 5.56 Å². The summed E-state index contributed by atoms with van der Waals surface area (Å²) in [6.45, 7) is 1.00. The fourth-order valence-electron chi connectivity index (χ4n) is 2.38. The van der Waals surface area contributed by atoms with Gasteiger partial charge in [0.15, 0.2) is 5.69 Å². The summed E-state index contributed by atoms with van der Waals surface area (Å²) in [4.78, 5) is 14.8. The Balaban J connectivity index is 1.58. The summed E-state index contributed by atoms with van der Waals surface area (Å²) in [6.07, 6.45) is -3.15. The molecule has 0 aliphatic heterocycles. The van der Waals surface area contributed by atoms with Gasteiger partial charge in [0, 0.05) is 30.4 Å². The van der Waals surface area contributed by atoms with Crippen LogP contribution in [-0.2, 0) is 19.3 Å². The molecule has 0 spiro atoms. The number of aromatic amines is 1. The summed E-state index contributed by atoms with van der Waals surface area (Å²) in [5.41, 5.74) is 0.251. The number of nitrogens with one attached hydrogen (secondary N) is 2. The topological polar surface area (TPSA) is 62.7 Å². The third-order valence-electron chi connectivity index (χ3n) is 3.59. The van der Waals surface area contributed by atoms with Crippen LogP contribution in [0.2, 0.25) is 0 Å². The lowest BCUT2D eigenvalue weighted by Gasteiger charge is -2.06. The van der Waals surface area contributed by atoms with Crippen molar-refractivity contribution in [2.45, 2.75) is 19.3 Å². The number of fused-ring (bicyclic) bond motifs is 1. The molecule has 8 heteroatoms. The molecule has 0 atom stereocenters. The van der Waals surface area contributed by atoms with Crippen LogP contribution in [0.15, 0.2) is 47.4 Å². The lowest BCUT2D eigenvalue weighted by molar-refractivity contribution is -0.141. The second-order valence-corrected chi connectivity index (χ2v) is 5.35. The summed E-state index contributed by atoms with van der Waals surface area (Å²) >= 11 is 0. The summed E-state index contributed by atoms with van der Waals surface area (Å²) in [7, 11) is 0. The van der Waals surface area contributed by atoms with Crippen LogP contribution in [0.3, 0.4) is 0 Å². The highest BCUT2D eigenvalue weighted by Crippen LogP contribution is 2.27.